The first-order valence-electron chi connectivity index (χ1n) is 7.67. The smallest absolute Gasteiger partial charge is 0.126 e. The van der Waals surface area contributed by atoms with Crippen molar-refractivity contribution in [2.45, 2.75) is 33.7 Å². The average Bonchev–Trinajstić information content (AvgIpc) is 2.36. The van der Waals surface area contributed by atoms with Crippen LogP contribution in [0.4, 0.5) is 10.1 Å². The summed E-state index contributed by atoms with van der Waals surface area (Å²) in [4.78, 5) is 4.49. The lowest BCUT2D eigenvalue weighted by Gasteiger charge is -2.31. The van der Waals surface area contributed by atoms with E-state index in [-0.39, 0.29) is 11.9 Å². The van der Waals surface area contributed by atoms with Gasteiger partial charge in [-0.3, -0.25) is 0 Å². The number of halogens is 1. The molecule has 0 unspecified atom stereocenters. The van der Waals surface area contributed by atoms with E-state index in [4.69, 9.17) is 5.73 Å². The topological polar surface area (TPSA) is 32.5 Å². The van der Waals surface area contributed by atoms with Gasteiger partial charge in [-0.1, -0.05) is 13.8 Å². The van der Waals surface area contributed by atoms with Gasteiger partial charge in [0.05, 0.1) is 0 Å². The number of hydrogen-bond acceptors (Lipinski definition) is 3. The molecular formula is C17H30FN3. The zero-order valence-electron chi connectivity index (χ0n) is 14.3. The molecule has 1 atom stereocenters. The first-order chi connectivity index (χ1) is 9.72. The summed E-state index contributed by atoms with van der Waals surface area (Å²) in [5.41, 5.74) is 8.68. The number of likely N-dealkylation sites (N-methyl/N-ethyl adjacent to an activating group) is 1. The van der Waals surface area contributed by atoms with Gasteiger partial charge in [-0.2, -0.15) is 0 Å². The van der Waals surface area contributed by atoms with Crippen LogP contribution in [0.3, 0.4) is 0 Å². The van der Waals surface area contributed by atoms with E-state index < -0.39 is 0 Å². The van der Waals surface area contributed by atoms with Crippen molar-refractivity contribution in [2.24, 2.45) is 11.7 Å². The fourth-order valence-corrected chi connectivity index (χ4v) is 2.39. The number of nitrogens with two attached hydrogens (primary N) is 1. The minimum Gasteiger partial charge on any atom is -0.370 e. The molecule has 1 rings (SSSR count). The summed E-state index contributed by atoms with van der Waals surface area (Å²) >= 11 is 0. The molecule has 1 aromatic carbocycles. The second kappa shape index (κ2) is 7.76. The minimum absolute atomic E-state index is 0.177. The molecule has 1 aromatic rings. The number of rotatable bonds is 7. The van der Waals surface area contributed by atoms with Gasteiger partial charge in [0, 0.05) is 31.4 Å². The van der Waals surface area contributed by atoms with E-state index in [9.17, 15) is 4.39 Å². The molecule has 0 aromatic heterocycles. The van der Waals surface area contributed by atoms with Crippen LogP contribution < -0.4 is 10.6 Å². The molecule has 0 aliphatic rings. The van der Waals surface area contributed by atoms with Crippen molar-refractivity contribution < 1.29 is 4.39 Å². The fraction of sp³-hybridized carbons (Fsp3) is 0.647. The van der Waals surface area contributed by atoms with Crippen molar-refractivity contribution in [3.63, 3.8) is 0 Å². The summed E-state index contributed by atoms with van der Waals surface area (Å²) in [5.74, 6) is 0.363. The molecule has 0 fully saturated rings. The maximum absolute atomic E-state index is 13.9. The largest absolute Gasteiger partial charge is 0.370 e. The Morgan fingerprint density at radius 3 is 2.24 bits per heavy atom. The molecular weight excluding hydrogens is 265 g/mol. The molecule has 0 bridgehead atoms. The van der Waals surface area contributed by atoms with Crippen LogP contribution in [0.15, 0.2) is 12.1 Å². The molecule has 0 aliphatic carbocycles. The average molecular weight is 295 g/mol. The highest BCUT2D eigenvalue weighted by atomic mass is 19.1. The van der Waals surface area contributed by atoms with Gasteiger partial charge >= 0.3 is 0 Å². The van der Waals surface area contributed by atoms with Crippen molar-refractivity contribution in [3.05, 3.63) is 29.1 Å². The van der Waals surface area contributed by atoms with Gasteiger partial charge in [0.1, 0.15) is 5.82 Å². The number of aryl methyl sites for hydroxylation is 1. The van der Waals surface area contributed by atoms with Crippen molar-refractivity contribution in [1.82, 2.24) is 4.90 Å². The molecule has 21 heavy (non-hydrogen) atoms. The van der Waals surface area contributed by atoms with Gasteiger partial charge in [0.2, 0.25) is 0 Å². The molecule has 0 amide bonds. The van der Waals surface area contributed by atoms with Crippen LogP contribution in [-0.4, -0.2) is 38.6 Å². The van der Waals surface area contributed by atoms with Crippen LogP contribution in [0.5, 0.6) is 0 Å². The molecule has 0 saturated heterocycles. The van der Waals surface area contributed by atoms with Crippen LogP contribution >= 0.6 is 0 Å². The number of benzene rings is 1. The Balaban J connectivity index is 3.17. The lowest BCUT2D eigenvalue weighted by atomic mass is 10.0. The standard InChI is InChI=1S/C17H30FN3/c1-12(2)11-21(8-7-20(5)6)17-9-13(3)16(18)10-15(17)14(4)19/h9-10,12,14H,7-8,11,19H2,1-6H3/t14-/m0/s1. The highest BCUT2D eigenvalue weighted by Gasteiger charge is 2.17. The SMILES string of the molecule is Cc1cc(N(CCN(C)C)CC(C)C)c([C@H](C)N)cc1F. The summed E-state index contributed by atoms with van der Waals surface area (Å²) in [7, 11) is 4.13. The molecule has 4 heteroatoms. The first kappa shape index (κ1) is 17.9. The summed E-state index contributed by atoms with van der Waals surface area (Å²) in [5, 5.41) is 0. The summed E-state index contributed by atoms with van der Waals surface area (Å²) < 4.78 is 13.9. The first-order valence-corrected chi connectivity index (χ1v) is 7.67. The molecule has 3 nitrogen and oxygen atoms in total. The third kappa shape index (κ3) is 5.29. The van der Waals surface area contributed by atoms with E-state index in [1.54, 1.807) is 6.07 Å². The Labute approximate surface area is 128 Å². The molecule has 0 heterocycles. The number of nitrogens with zero attached hydrogens (tertiary/aromatic N) is 2. The highest BCUT2D eigenvalue weighted by Crippen LogP contribution is 2.29. The van der Waals surface area contributed by atoms with Crippen LogP contribution in [0.1, 0.15) is 37.9 Å². The molecule has 0 saturated carbocycles. The van der Waals surface area contributed by atoms with Crippen LogP contribution in [0.2, 0.25) is 0 Å². The minimum atomic E-state index is -0.178. The Morgan fingerprint density at radius 2 is 1.76 bits per heavy atom. The summed E-state index contributed by atoms with van der Waals surface area (Å²) in [6, 6.07) is 3.36. The zero-order chi connectivity index (χ0) is 16.2. The van der Waals surface area contributed by atoms with Crippen molar-refractivity contribution in [1.29, 1.82) is 0 Å². The molecule has 0 spiro atoms. The summed E-state index contributed by atoms with van der Waals surface area (Å²) in [6.07, 6.45) is 0. The van der Waals surface area contributed by atoms with E-state index in [0.717, 1.165) is 30.9 Å². The van der Waals surface area contributed by atoms with Crippen LogP contribution in [0, 0.1) is 18.7 Å². The maximum Gasteiger partial charge on any atom is 0.126 e. The quantitative estimate of drug-likeness (QED) is 0.838. The third-order valence-electron chi connectivity index (χ3n) is 3.54. The normalized spacial score (nSPS) is 13.0. The molecule has 0 radical (unpaired) electrons. The Morgan fingerprint density at radius 1 is 1.14 bits per heavy atom. The van der Waals surface area contributed by atoms with E-state index in [1.165, 1.54) is 0 Å². The van der Waals surface area contributed by atoms with Crippen molar-refractivity contribution in [3.8, 4) is 0 Å². The zero-order valence-corrected chi connectivity index (χ0v) is 14.3. The van der Waals surface area contributed by atoms with E-state index in [2.05, 4.69) is 37.7 Å². The van der Waals surface area contributed by atoms with E-state index >= 15 is 0 Å². The van der Waals surface area contributed by atoms with Gasteiger partial charge in [-0.05, 0) is 57.1 Å². The van der Waals surface area contributed by atoms with Gasteiger partial charge in [0.15, 0.2) is 0 Å². The fourth-order valence-electron chi connectivity index (χ4n) is 2.39. The third-order valence-corrected chi connectivity index (χ3v) is 3.54. The Hall–Kier alpha value is -1.13. The van der Waals surface area contributed by atoms with Gasteiger partial charge in [-0.25, -0.2) is 4.39 Å². The highest BCUT2D eigenvalue weighted by molar-refractivity contribution is 5.57. The molecule has 0 aliphatic heterocycles. The van der Waals surface area contributed by atoms with Gasteiger partial charge in [0.25, 0.3) is 0 Å². The maximum atomic E-state index is 13.9. The van der Waals surface area contributed by atoms with Gasteiger partial charge in [-0.15, -0.1) is 0 Å². The second-order valence-corrected chi connectivity index (χ2v) is 6.59. The summed E-state index contributed by atoms with van der Waals surface area (Å²) in [6.45, 7) is 10.9. The van der Waals surface area contributed by atoms with Gasteiger partial charge < -0.3 is 15.5 Å². The van der Waals surface area contributed by atoms with Crippen molar-refractivity contribution >= 4 is 5.69 Å². The number of hydrogen-bond donors (Lipinski definition) is 1. The predicted octanol–water partition coefficient (Wildman–Crippen LogP) is 3.18. The molecule has 2 N–H and O–H groups in total. The Kier molecular flexibility index (Phi) is 6.62. The monoisotopic (exact) mass is 295 g/mol. The van der Waals surface area contributed by atoms with E-state index in [1.807, 2.05) is 19.9 Å². The Bertz CT molecular complexity index is 456. The lowest BCUT2D eigenvalue weighted by molar-refractivity contribution is 0.408. The predicted molar refractivity (Wildman–Crippen MR) is 89.3 cm³/mol. The molecule has 120 valence electrons. The number of anilines is 1. The second-order valence-electron chi connectivity index (χ2n) is 6.59. The van der Waals surface area contributed by atoms with Crippen LogP contribution in [0.25, 0.3) is 0 Å². The van der Waals surface area contributed by atoms with Crippen molar-refractivity contribution in [2.75, 3.05) is 38.6 Å². The lowest BCUT2D eigenvalue weighted by Crippen LogP contribution is -2.35. The van der Waals surface area contributed by atoms with E-state index in [0.29, 0.717) is 11.5 Å². The van der Waals surface area contributed by atoms with Crippen LogP contribution in [-0.2, 0) is 0 Å².